The highest BCUT2D eigenvalue weighted by molar-refractivity contribution is 7.99. The van der Waals surface area contributed by atoms with Crippen molar-refractivity contribution in [1.29, 1.82) is 0 Å². The van der Waals surface area contributed by atoms with Crippen LogP contribution in [0.15, 0.2) is 90.1 Å². The molecule has 0 saturated carbocycles. The topological polar surface area (TPSA) is 60.0 Å². The van der Waals surface area contributed by atoms with Gasteiger partial charge in [-0.3, -0.25) is 4.40 Å². The highest BCUT2D eigenvalue weighted by atomic mass is 32.2. The van der Waals surface area contributed by atoms with Gasteiger partial charge in [-0.2, -0.15) is 5.10 Å². The third-order valence-corrected chi connectivity index (χ3v) is 6.13. The zero-order chi connectivity index (χ0) is 21.8. The lowest BCUT2D eigenvalue weighted by Crippen LogP contribution is -2.15. The molecule has 160 valence electrons. The molecule has 5 aromatic rings. The predicted octanol–water partition coefficient (Wildman–Crippen LogP) is 4.98. The van der Waals surface area contributed by atoms with Crippen LogP contribution in [0, 0.1) is 0 Å². The number of hydrogen-bond donors (Lipinski definition) is 1. The molecule has 1 N–H and O–H groups in total. The Bertz CT molecular complexity index is 1310. The number of benzene rings is 2. The fraction of sp³-hybridized carbons (Fsp3) is 0.160. The first-order valence-corrected chi connectivity index (χ1v) is 11.7. The van der Waals surface area contributed by atoms with Crippen LogP contribution in [0.4, 0.5) is 0 Å². The minimum atomic E-state index is 0.618. The van der Waals surface area contributed by atoms with Gasteiger partial charge in [-0.15, -0.1) is 22.0 Å². The smallest absolute Gasteiger partial charge is 0.160 e. The molecule has 2 aromatic carbocycles. The summed E-state index contributed by atoms with van der Waals surface area (Å²) >= 11 is 1.85. The monoisotopic (exact) mass is 440 g/mol. The molecule has 0 bridgehead atoms. The summed E-state index contributed by atoms with van der Waals surface area (Å²) in [4.78, 5) is 1.28. The third kappa shape index (κ3) is 4.30. The van der Waals surface area contributed by atoms with Crippen LogP contribution in [-0.4, -0.2) is 30.1 Å². The Morgan fingerprint density at radius 1 is 0.875 bits per heavy atom. The maximum atomic E-state index is 4.93. The van der Waals surface area contributed by atoms with E-state index in [1.165, 1.54) is 4.90 Å². The summed E-state index contributed by atoms with van der Waals surface area (Å²) in [6, 6.07) is 24.8. The molecule has 3 aromatic heterocycles. The molecule has 0 saturated heterocycles. The van der Waals surface area contributed by atoms with Crippen LogP contribution in [0.25, 0.3) is 22.6 Å². The average molecular weight is 441 g/mol. The van der Waals surface area contributed by atoms with Gasteiger partial charge in [0.15, 0.2) is 11.5 Å². The zero-order valence-corrected chi connectivity index (χ0v) is 18.7. The summed E-state index contributed by atoms with van der Waals surface area (Å²) in [5, 5.41) is 17.0. The van der Waals surface area contributed by atoms with Gasteiger partial charge in [0.05, 0.1) is 17.9 Å². The molecule has 3 heterocycles. The molecule has 0 unspecified atom stereocenters. The van der Waals surface area contributed by atoms with Crippen molar-refractivity contribution in [1.82, 2.24) is 29.7 Å². The van der Waals surface area contributed by atoms with Crippen molar-refractivity contribution < 1.29 is 0 Å². The van der Waals surface area contributed by atoms with E-state index < -0.39 is 0 Å². The Morgan fingerprint density at radius 2 is 1.69 bits per heavy atom. The summed E-state index contributed by atoms with van der Waals surface area (Å²) < 4.78 is 3.96. The molecule has 0 amide bonds. The Kier molecular flexibility index (Phi) is 6.00. The second-order valence-electron chi connectivity index (χ2n) is 7.39. The molecular weight excluding hydrogens is 416 g/mol. The summed E-state index contributed by atoms with van der Waals surface area (Å²) in [7, 11) is 0. The van der Waals surface area contributed by atoms with Gasteiger partial charge < -0.3 is 5.32 Å². The van der Waals surface area contributed by atoms with Crippen LogP contribution in [0.1, 0.15) is 18.3 Å². The second kappa shape index (κ2) is 9.38. The molecule has 0 spiro atoms. The minimum absolute atomic E-state index is 0.618. The predicted molar refractivity (Wildman–Crippen MR) is 129 cm³/mol. The van der Waals surface area contributed by atoms with Crippen molar-refractivity contribution in [2.45, 2.75) is 24.9 Å². The van der Waals surface area contributed by atoms with Crippen LogP contribution < -0.4 is 5.32 Å². The van der Waals surface area contributed by atoms with Crippen molar-refractivity contribution in [3.8, 4) is 16.9 Å². The number of pyridine rings is 1. The number of nitrogens with zero attached hydrogens (tertiary/aromatic N) is 5. The van der Waals surface area contributed by atoms with Crippen LogP contribution >= 0.6 is 11.8 Å². The van der Waals surface area contributed by atoms with Crippen LogP contribution in [0.2, 0.25) is 0 Å². The standard InChI is InChI=1S/C25H24N6S/c1-2-32-22-13-11-19(12-14-22)25-20(18-31(29-25)21-8-4-3-5-9-21)16-26-17-24-28-27-23-10-6-7-15-30(23)24/h3-15,18,26H,2,16-17H2,1H3. The zero-order valence-electron chi connectivity index (χ0n) is 17.8. The Balaban J connectivity index is 1.41. The van der Waals surface area contributed by atoms with E-state index in [-0.39, 0.29) is 0 Å². The first-order valence-electron chi connectivity index (χ1n) is 10.7. The van der Waals surface area contributed by atoms with Crippen molar-refractivity contribution in [2.24, 2.45) is 0 Å². The van der Waals surface area contributed by atoms with Gasteiger partial charge in [-0.05, 0) is 42.2 Å². The molecule has 0 atom stereocenters. The van der Waals surface area contributed by atoms with Crippen molar-refractivity contribution in [3.63, 3.8) is 0 Å². The fourth-order valence-electron chi connectivity index (χ4n) is 3.69. The van der Waals surface area contributed by atoms with E-state index in [9.17, 15) is 0 Å². The molecule has 7 heteroatoms. The molecule has 0 radical (unpaired) electrons. The number of rotatable bonds is 8. The van der Waals surface area contributed by atoms with E-state index in [1.807, 2.05) is 63.4 Å². The normalized spacial score (nSPS) is 11.3. The highest BCUT2D eigenvalue weighted by Gasteiger charge is 2.13. The quantitative estimate of drug-likeness (QED) is 0.345. The summed E-state index contributed by atoms with van der Waals surface area (Å²) in [5.74, 6) is 1.95. The van der Waals surface area contributed by atoms with Crippen molar-refractivity contribution >= 4 is 17.4 Å². The van der Waals surface area contributed by atoms with E-state index >= 15 is 0 Å². The molecular formula is C25H24N6S. The molecule has 0 aliphatic heterocycles. The highest BCUT2D eigenvalue weighted by Crippen LogP contribution is 2.27. The van der Waals surface area contributed by atoms with E-state index in [0.717, 1.165) is 39.7 Å². The van der Waals surface area contributed by atoms with E-state index in [1.54, 1.807) is 0 Å². The number of fused-ring (bicyclic) bond motifs is 1. The van der Waals surface area contributed by atoms with Gasteiger partial charge in [0.2, 0.25) is 0 Å². The second-order valence-corrected chi connectivity index (χ2v) is 8.73. The Hall–Kier alpha value is -3.42. The number of thioether (sulfide) groups is 1. The van der Waals surface area contributed by atoms with E-state index in [4.69, 9.17) is 5.10 Å². The average Bonchev–Trinajstić information content (AvgIpc) is 3.45. The lowest BCUT2D eigenvalue weighted by Gasteiger charge is -2.06. The van der Waals surface area contributed by atoms with E-state index in [2.05, 4.69) is 65.0 Å². The number of para-hydroxylation sites is 1. The van der Waals surface area contributed by atoms with Crippen molar-refractivity contribution in [3.05, 3.63) is 96.6 Å². The summed E-state index contributed by atoms with van der Waals surface area (Å²) in [5.41, 5.74) is 5.14. The van der Waals surface area contributed by atoms with Gasteiger partial charge >= 0.3 is 0 Å². The van der Waals surface area contributed by atoms with E-state index in [0.29, 0.717) is 13.1 Å². The molecule has 5 rings (SSSR count). The first-order chi connectivity index (χ1) is 15.8. The maximum Gasteiger partial charge on any atom is 0.160 e. The van der Waals surface area contributed by atoms with Crippen molar-refractivity contribution in [2.75, 3.05) is 5.75 Å². The van der Waals surface area contributed by atoms with Crippen LogP contribution in [0.5, 0.6) is 0 Å². The Morgan fingerprint density at radius 3 is 2.50 bits per heavy atom. The van der Waals surface area contributed by atoms with Gasteiger partial charge in [0, 0.05) is 35.0 Å². The summed E-state index contributed by atoms with van der Waals surface area (Å²) in [6.07, 6.45) is 4.09. The number of aromatic nitrogens is 5. The minimum Gasteiger partial charge on any atom is -0.306 e. The molecule has 0 aliphatic rings. The molecule has 0 fully saturated rings. The fourth-order valence-corrected chi connectivity index (χ4v) is 4.35. The van der Waals surface area contributed by atoms with Gasteiger partial charge in [0.1, 0.15) is 0 Å². The molecule has 6 nitrogen and oxygen atoms in total. The number of hydrogen-bond acceptors (Lipinski definition) is 5. The number of nitrogens with one attached hydrogen (secondary N) is 1. The van der Waals surface area contributed by atoms with Gasteiger partial charge in [0.25, 0.3) is 0 Å². The van der Waals surface area contributed by atoms with Crippen LogP contribution in [-0.2, 0) is 13.1 Å². The van der Waals surface area contributed by atoms with Crippen LogP contribution in [0.3, 0.4) is 0 Å². The van der Waals surface area contributed by atoms with Gasteiger partial charge in [-0.25, -0.2) is 4.68 Å². The lowest BCUT2D eigenvalue weighted by molar-refractivity contribution is 0.657. The largest absolute Gasteiger partial charge is 0.306 e. The summed E-state index contributed by atoms with van der Waals surface area (Å²) in [6.45, 7) is 3.46. The Labute approximate surface area is 191 Å². The lowest BCUT2D eigenvalue weighted by atomic mass is 10.1. The molecule has 0 aliphatic carbocycles. The van der Waals surface area contributed by atoms with Gasteiger partial charge in [-0.1, -0.05) is 43.3 Å². The third-order valence-electron chi connectivity index (χ3n) is 5.23. The maximum absolute atomic E-state index is 4.93. The first kappa shape index (κ1) is 20.5. The SMILES string of the molecule is CCSc1ccc(-c2nn(-c3ccccc3)cc2CNCc2nnc3ccccn23)cc1. The molecule has 32 heavy (non-hydrogen) atoms.